The van der Waals surface area contributed by atoms with Crippen molar-refractivity contribution in [1.82, 2.24) is 10.3 Å². The summed E-state index contributed by atoms with van der Waals surface area (Å²) in [5.41, 5.74) is 1.87. The van der Waals surface area contributed by atoms with Crippen molar-refractivity contribution >= 4 is 39.8 Å². The van der Waals surface area contributed by atoms with E-state index in [0.29, 0.717) is 10.1 Å². The molecule has 0 bridgehead atoms. The molecule has 2 heterocycles. The first-order valence-corrected chi connectivity index (χ1v) is 8.25. The quantitative estimate of drug-likeness (QED) is 0.847. The molecule has 1 aliphatic heterocycles. The predicted molar refractivity (Wildman–Crippen MR) is 94.1 cm³/mol. The average Bonchev–Trinajstić information content (AvgIpc) is 2.92. The zero-order chi connectivity index (χ0) is 16.2. The molecule has 118 valence electrons. The van der Waals surface area contributed by atoms with Gasteiger partial charge in [-0.1, -0.05) is 19.1 Å². The molecule has 1 amide bonds. The van der Waals surface area contributed by atoms with Gasteiger partial charge in [-0.05, 0) is 48.0 Å². The van der Waals surface area contributed by atoms with Crippen LogP contribution in [-0.2, 0) is 4.79 Å². The van der Waals surface area contributed by atoms with E-state index in [1.807, 2.05) is 43.3 Å². The second-order valence-electron chi connectivity index (χ2n) is 5.20. The molecule has 0 spiro atoms. The monoisotopic (exact) mass is 327 g/mol. The summed E-state index contributed by atoms with van der Waals surface area (Å²) >= 11 is 1.30. The van der Waals surface area contributed by atoms with E-state index < -0.39 is 0 Å². The highest BCUT2D eigenvalue weighted by Gasteiger charge is 2.24. The van der Waals surface area contributed by atoms with Crippen LogP contribution in [-0.4, -0.2) is 33.8 Å². The molecule has 1 fully saturated rings. The summed E-state index contributed by atoms with van der Waals surface area (Å²) < 4.78 is 0. The molecule has 0 radical (unpaired) electrons. The van der Waals surface area contributed by atoms with E-state index in [2.05, 4.69) is 15.3 Å². The number of rotatable bonds is 4. The number of nitrogens with zero attached hydrogens (tertiary/aromatic N) is 2. The van der Waals surface area contributed by atoms with Crippen LogP contribution in [0.1, 0.15) is 18.9 Å². The smallest absolute Gasteiger partial charge is 0.264 e. The van der Waals surface area contributed by atoms with E-state index >= 15 is 0 Å². The van der Waals surface area contributed by atoms with Crippen LogP contribution in [0.2, 0.25) is 0 Å². The van der Waals surface area contributed by atoms with Crippen LogP contribution in [0.3, 0.4) is 0 Å². The van der Waals surface area contributed by atoms with Crippen molar-refractivity contribution in [3.63, 3.8) is 0 Å². The first kappa shape index (κ1) is 15.7. The van der Waals surface area contributed by atoms with Crippen LogP contribution >= 0.6 is 11.8 Å². The Morgan fingerprint density at radius 3 is 3.09 bits per heavy atom. The molecule has 1 atom stereocenters. The fourth-order valence-corrected chi connectivity index (χ4v) is 3.14. The van der Waals surface area contributed by atoms with Gasteiger partial charge >= 0.3 is 0 Å². The standard InChI is InChI=1S/C17H17N3O2S/c1-2-13(10-21)19-17-20-16(22)15(23-17)9-11-5-6-14-12(8-11)4-3-7-18-14/h3-9,13,21H,2,10H2,1H3,(H,19,20,22)/b15-9-/t13-/m1/s1. The molecule has 1 saturated heterocycles. The third-order valence-electron chi connectivity index (χ3n) is 3.56. The Morgan fingerprint density at radius 1 is 1.43 bits per heavy atom. The SMILES string of the molecule is CC[C@H](CO)N=C1NC(=O)/C(=C/c2ccc3ncccc3c2)S1. The number of aliphatic hydroxyl groups is 1. The lowest BCUT2D eigenvalue weighted by Crippen LogP contribution is -2.22. The Morgan fingerprint density at radius 2 is 2.30 bits per heavy atom. The number of carbonyl (C=O) groups is 1. The number of amidine groups is 1. The van der Waals surface area contributed by atoms with Gasteiger partial charge in [-0.2, -0.15) is 0 Å². The number of hydrogen-bond acceptors (Lipinski definition) is 5. The maximum atomic E-state index is 12.1. The van der Waals surface area contributed by atoms with E-state index in [1.54, 1.807) is 6.20 Å². The number of benzene rings is 1. The highest BCUT2D eigenvalue weighted by Crippen LogP contribution is 2.27. The van der Waals surface area contributed by atoms with Crippen molar-refractivity contribution in [3.05, 3.63) is 47.0 Å². The molecule has 23 heavy (non-hydrogen) atoms. The number of pyridine rings is 1. The maximum absolute atomic E-state index is 12.1. The van der Waals surface area contributed by atoms with Crippen LogP contribution in [0.15, 0.2) is 46.4 Å². The van der Waals surface area contributed by atoms with E-state index in [9.17, 15) is 9.90 Å². The molecule has 2 N–H and O–H groups in total. The Bertz CT molecular complexity index is 797. The first-order chi connectivity index (χ1) is 11.2. The number of fused-ring (bicyclic) bond motifs is 1. The third-order valence-corrected chi connectivity index (χ3v) is 4.48. The van der Waals surface area contributed by atoms with Crippen LogP contribution < -0.4 is 5.32 Å². The van der Waals surface area contributed by atoms with E-state index in [-0.39, 0.29) is 18.6 Å². The highest BCUT2D eigenvalue weighted by atomic mass is 32.2. The number of aromatic nitrogens is 1. The molecule has 1 aliphatic rings. The number of hydrogen-bond donors (Lipinski definition) is 2. The number of aliphatic imine (C=N–C) groups is 1. The molecule has 6 heteroatoms. The Hall–Kier alpha value is -2.18. The summed E-state index contributed by atoms with van der Waals surface area (Å²) in [5.74, 6) is -0.159. The van der Waals surface area contributed by atoms with Gasteiger partial charge in [0.2, 0.25) is 0 Å². The molecule has 0 saturated carbocycles. The predicted octanol–water partition coefficient (Wildman–Crippen LogP) is 2.57. The lowest BCUT2D eigenvalue weighted by atomic mass is 10.1. The molecule has 5 nitrogen and oxygen atoms in total. The fourth-order valence-electron chi connectivity index (χ4n) is 2.25. The summed E-state index contributed by atoms with van der Waals surface area (Å²) in [7, 11) is 0. The summed E-state index contributed by atoms with van der Waals surface area (Å²) in [4.78, 5) is 21.3. The largest absolute Gasteiger partial charge is 0.394 e. The highest BCUT2D eigenvalue weighted by molar-refractivity contribution is 8.18. The number of thioether (sulfide) groups is 1. The Kier molecular flexibility index (Phi) is 4.73. The molecule has 0 unspecified atom stereocenters. The van der Waals surface area contributed by atoms with Gasteiger partial charge in [0, 0.05) is 11.6 Å². The van der Waals surface area contributed by atoms with Crippen LogP contribution in [0.25, 0.3) is 17.0 Å². The number of nitrogens with one attached hydrogen (secondary N) is 1. The number of aliphatic hydroxyl groups excluding tert-OH is 1. The van der Waals surface area contributed by atoms with E-state index in [4.69, 9.17) is 0 Å². The van der Waals surface area contributed by atoms with Crippen molar-refractivity contribution < 1.29 is 9.90 Å². The van der Waals surface area contributed by atoms with Crippen molar-refractivity contribution in [3.8, 4) is 0 Å². The van der Waals surface area contributed by atoms with Crippen molar-refractivity contribution in [1.29, 1.82) is 0 Å². The van der Waals surface area contributed by atoms with Gasteiger partial charge in [0.25, 0.3) is 5.91 Å². The summed E-state index contributed by atoms with van der Waals surface area (Å²) in [5, 5.41) is 13.5. The zero-order valence-corrected chi connectivity index (χ0v) is 13.5. The lowest BCUT2D eigenvalue weighted by molar-refractivity contribution is -0.115. The minimum absolute atomic E-state index is 0.0207. The van der Waals surface area contributed by atoms with Crippen LogP contribution in [0.5, 0.6) is 0 Å². The second-order valence-corrected chi connectivity index (χ2v) is 6.23. The van der Waals surface area contributed by atoms with Gasteiger partial charge in [-0.25, -0.2) is 0 Å². The minimum atomic E-state index is -0.177. The van der Waals surface area contributed by atoms with Gasteiger partial charge in [-0.3, -0.25) is 14.8 Å². The van der Waals surface area contributed by atoms with Crippen molar-refractivity contribution in [2.24, 2.45) is 4.99 Å². The number of carbonyl (C=O) groups excluding carboxylic acids is 1. The molecular formula is C17H17N3O2S. The molecule has 1 aromatic heterocycles. The lowest BCUT2D eigenvalue weighted by Gasteiger charge is -2.05. The summed E-state index contributed by atoms with van der Waals surface area (Å²) in [6.45, 7) is 1.93. The molecular weight excluding hydrogens is 310 g/mol. The Balaban J connectivity index is 1.85. The molecule has 0 aliphatic carbocycles. The average molecular weight is 327 g/mol. The maximum Gasteiger partial charge on any atom is 0.264 e. The van der Waals surface area contributed by atoms with Gasteiger partial charge in [-0.15, -0.1) is 0 Å². The van der Waals surface area contributed by atoms with E-state index in [0.717, 1.165) is 22.9 Å². The van der Waals surface area contributed by atoms with Crippen molar-refractivity contribution in [2.75, 3.05) is 6.61 Å². The van der Waals surface area contributed by atoms with Crippen LogP contribution in [0.4, 0.5) is 0 Å². The third kappa shape index (κ3) is 3.60. The minimum Gasteiger partial charge on any atom is -0.394 e. The molecule has 1 aromatic carbocycles. The van der Waals surface area contributed by atoms with Gasteiger partial charge in [0.05, 0.1) is 23.1 Å². The topological polar surface area (TPSA) is 74.6 Å². The van der Waals surface area contributed by atoms with Crippen LogP contribution in [0, 0.1) is 0 Å². The van der Waals surface area contributed by atoms with Gasteiger partial charge in [0.15, 0.2) is 5.17 Å². The van der Waals surface area contributed by atoms with Gasteiger partial charge < -0.3 is 10.4 Å². The van der Waals surface area contributed by atoms with E-state index in [1.165, 1.54) is 11.8 Å². The van der Waals surface area contributed by atoms with Gasteiger partial charge in [0.1, 0.15) is 0 Å². The summed E-state index contributed by atoms with van der Waals surface area (Å²) in [6, 6.07) is 9.58. The first-order valence-electron chi connectivity index (χ1n) is 7.44. The second kappa shape index (κ2) is 6.93. The molecule has 3 rings (SSSR count). The zero-order valence-electron chi connectivity index (χ0n) is 12.7. The van der Waals surface area contributed by atoms with Crippen molar-refractivity contribution in [2.45, 2.75) is 19.4 Å². The Labute approximate surface area is 138 Å². The normalized spacial score (nSPS) is 19.5. The number of amides is 1. The fraction of sp³-hybridized carbons (Fsp3) is 0.235. The molecule has 2 aromatic rings. The summed E-state index contributed by atoms with van der Waals surface area (Å²) in [6.07, 6.45) is 4.33.